The molecule has 16 heavy (non-hydrogen) atoms. The molecule has 0 saturated carbocycles. The summed E-state index contributed by atoms with van der Waals surface area (Å²) in [5.41, 5.74) is 2.33. The van der Waals surface area contributed by atoms with Crippen LogP contribution in [0.2, 0.25) is 0 Å². The molecule has 1 unspecified atom stereocenters. The van der Waals surface area contributed by atoms with E-state index in [-0.39, 0.29) is 0 Å². The maximum Gasteiger partial charge on any atom is 0.136 e. The fraction of sp³-hybridized carbons (Fsp3) is 0.667. The molecule has 1 fully saturated rings. The van der Waals surface area contributed by atoms with E-state index >= 15 is 0 Å². The number of aryl methyl sites for hydroxylation is 2. The number of anilines is 1. The number of nitrogens with zero attached hydrogens (tertiary/aromatic N) is 3. The van der Waals surface area contributed by atoms with Gasteiger partial charge in [-0.3, -0.25) is 9.48 Å². The lowest BCUT2D eigenvalue weighted by atomic mass is 10.0. The standard InChI is InChI=1S/C12H19N3O/c1-4-11-12(8-14(3)13-11)15-6-5-10(16)7-9(15)2/h8-9H,4-7H2,1-3H3. The molecule has 0 amide bonds. The van der Waals surface area contributed by atoms with Crippen molar-refractivity contribution in [2.45, 2.75) is 39.2 Å². The number of Topliss-reactive ketones (excluding diaryl/α,β-unsaturated/α-hetero) is 1. The van der Waals surface area contributed by atoms with Gasteiger partial charge in [-0.2, -0.15) is 5.10 Å². The van der Waals surface area contributed by atoms with Crippen molar-refractivity contribution in [3.63, 3.8) is 0 Å². The molecule has 1 aromatic rings. The predicted molar refractivity (Wildman–Crippen MR) is 63.6 cm³/mol. The fourth-order valence-corrected chi connectivity index (χ4v) is 2.38. The minimum Gasteiger partial charge on any atom is -0.365 e. The summed E-state index contributed by atoms with van der Waals surface area (Å²) >= 11 is 0. The maximum absolute atomic E-state index is 11.4. The highest BCUT2D eigenvalue weighted by atomic mass is 16.1. The van der Waals surface area contributed by atoms with E-state index < -0.39 is 0 Å². The van der Waals surface area contributed by atoms with E-state index in [0.29, 0.717) is 24.7 Å². The Morgan fingerprint density at radius 1 is 1.56 bits per heavy atom. The minimum atomic E-state index is 0.302. The van der Waals surface area contributed by atoms with Crippen molar-refractivity contribution >= 4 is 11.5 Å². The molecular weight excluding hydrogens is 202 g/mol. The molecule has 4 nitrogen and oxygen atoms in total. The largest absolute Gasteiger partial charge is 0.365 e. The molecule has 1 atom stereocenters. The second-order valence-electron chi connectivity index (χ2n) is 4.52. The van der Waals surface area contributed by atoms with Crippen LogP contribution in [0.4, 0.5) is 5.69 Å². The zero-order valence-corrected chi connectivity index (χ0v) is 10.2. The lowest BCUT2D eigenvalue weighted by Gasteiger charge is -2.34. The highest BCUT2D eigenvalue weighted by molar-refractivity contribution is 5.81. The molecule has 0 aliphatic carbocycles. The van der Waals surface area contributed by atoms with E-state index in [4.69, 9.17) is 0 Å². The molecule has 0 aromatic carbocycles. The van der Waals surface area contributed by atoms with E-state index in [1.807, 2.05) is 11.7 Å². The first-order valence-electron chi connectivity index (χ1n) is 5.92. The van der Waals surface area contributed by atoms with Crippen LogP contribution in [0.25, 0.3) is 0 Å². The van der Waals surface area contributed by atoms with Crippen LogP contribution >= 0.6 is 0 Å². The summed E-state index contributed by atoms with van der Waals surface area (Å²) in [4.78, 5) is 13.7. The predicted octanol–water partition coefficient (Wildman–Crippen LogP) is 1.54. The van der Waals surface area contributed by atoms with Crippen LogP contribution in [0.15, 0.2) is 6.20 Å². The van der Waals surface area contributed by atoms with Gasteiger partial charge in [0, 0.05) is 38.7 Å². The van der Waals surface area contributed by atoms with Crippen LogP contribution in [0.5, 0.6) is 0 Å². The average molecular weight is 221 g/mol. The highest BCUT2D eigenvalue weighted by Gasteiger charge is 2.26. The van der Waals surface area contributed by atoms with Gasteiger partial charge >= 0.3 is 0 Å². The van der Waals surface area contributed by atoms with Crippen LogP contribution in [0, 0.1) is 0 Å². The zero-order chi connectivity index (χ0) is 11.7. The summed E-state index contributed by atoms with van der Waals surface area (Å²) in [6, 6.07) is 0.302. The van der Waals surface area contributed by atoms with Gasteiger partial charge in [0.2, 0.25) is 0 Å². The summed E-state index contributed by atoms with van der Waals surface area (Å²) < 4.78 is 1.86. The van der Waals surface area contributed by atoms with Gasteiger partial charge < -0.3 is 4.90 Å². The molecule has 1 saturated heterocycles. The number of carbonyl (C=O) groups is 1. The lowest BCUT2D eigenvalue weighted by molar-refractivity contribution is -0.120. The number of rotatable bonds is 2. The van der Waals surface area contributed by atoms with Crippen molar-refractivity contribution in [2.75, 3.05) is 11.4 Å². The third-order valence-electron chi connectivity index (χ3n) is 3.21. The van der Waals surface area contributed by atoms with Gasteiger partial charge in [0.25, 0.3) is 0 Å². The number of ketones is 1. The first-order chi connectivity index (χ1) is 7.61. The molecule has 1 aromatic heterocycles. The molecule has 4 heteroatoms. The number of hydrogen-bond acceptors (Lipinski definition) is 3. The maximum atomic E-state index is 11.4. The monoisotopic (exact) mass is 221 g/mol. The molecule has 0 spiro atoms. The minimum absolute atomic E-state index is 0.302. The quantitative estimate of drug-likeness (QED) is 0.760. The van der Waals surface area contributed by atoms with E-state index in [0.717, 1.165) is 18.7 Å². The third kappa shape index (κ3) is 1.96. The van der Waals surface area contributed by atoms with Crippen molar-refractivity contribution in [2.24, 2.45) is 7.05 Å². The molecular formula is C12H19N3O. The Kier molecular flexibility index (Phi) is 2.99. The van der Waals surface area contributed by atoms with E-state index in [1.165, 1.54) is 5.69 Å². The fourth-order valence-electron chi connectivity index (χ4n) is 2.38. The van der Waals surface area contributed by atoms with Gasteiger partial charge in [0.05, 0.1) is 11.4 Å². The van der Waals surface area contributed by atoms with E-state index in [9.17, 15) is 4.79 Å². The van der Waals surface area contributed by atoms with Crippen molar-refractivity contribution in [1.29, 1.82) is 0 Å². The molecule has 0 radical (unpaired) electrons. The van der Waals surface area contributed by atoms with Crippen LogP contribution < -0.4 is 4.90 Å². The van der Waals surface area contributed by atoms with Crippen molar-refractivity contribution < 1.29 is 4.79 Å². The van der Waals surface area contributed by atoms with Crippen molar-refractivity contribution in [1.82, 2.24) is 9.78 Å². The van der Waals surface area contributed by atoms with Gasteiger partial charge in [-0.25, -0.2) is 0 Å². The van der Waals surface area contributed by atoms with Gasteiger partial charge in [0.15, 0.2) is 0 Å². The van der Waals surface area contributed by atoms with Gasteiger partial charge in [-0.15, -0.1) is 0 Å². The molecule has 0 bridgehead atoms. The smallest absolute Gasteiger partial charge is 0.136 e. The molecule has 0 N–H and O–H groups in total. The van der Waals surface area contributed by atoms with Crippen LogP contribution in [-0.2, 0) is 18.3 Å². The first-order valence-corrected chi connectivity index (χ1v) is 5.92. The van der Waals surface area contributed by atoms with Crippen LogP contribution in [-0.4, -0.2) is 28.2 Å². The Morgan fingerprint density at radius 3 is 2.94 bits per heavy atom. The SMILES string of the molecule is CCc1nn(C)cc1N1CCC(=O)CC1C. The van der Waals surface area contributed by atoms with Gasteiger partial charge in [-0.1, -0.05) is 6.92 Å². The molecule has 2 heterocycles. The zero-order valence-electron chi connectivity index (χ0n) is 10.2. The highest BCUT2D eigenvalue weighted by Crippen LogP contribution is 2.26. The molecule has 1 aliphatic rings. The number of carbonyl (C=O) groups excluding carboxylic acids is 1. The summed E-state index contributed by atoms with van der Waals surface area (Å²) in [5.74, 6) is 0.380. The topological polar surface area (TPSA) is 38.1 Å². The molecule has 1 aliphatic heterocycles. The Hall–Kier alpha value is -1.32. The summed E-state index contributed by atoms with van der Waals surface area (Å²) in [5, 5.41) is 4.45. The second-order valence-corrected chi connectivity index (χ2v) is 4.52. The first kappa shape index (κ1) is 11.2. The second kappa shape index (κ2) is 4.28. The number of piperidine rings is 1. The summed E-state index contributed by atoms with van der Waals surface area (Å²) in [7, 11) is 1.95. The van der Waals surface area contributed by atoms with Gasteiger partial charge in [-0.05, 0) is 13.3 Å². The normalized spacial score (nSPS) is 21.6. The van der Waals surface area contributed by atoms with Crippen molar-refractivity contribution in [3.8, 4) is 0 Å². The number of aromatic nitrogens is 2. The molecule has 2 rings (SSSR count). The molecule has 88 valence electrons. The van der Waals surface area contributed by atoms with Crippen molar-refractivity contribution in [3.05, 3.63) is 11.9 Å². The Balaban J connectivity index is 2.25. The van der Waals surface area contributed by atoms with E-state index in [1.54, 1.807) is 0 Å². The number of hydrogen-bond donors (Lipinski definition) is 0. The Morgan fingerprint density at radius 2 is 2.31 bits per heavy atom. The van der Waals surface area contributed by atoms with Gasteiger partial charge in [0.1, 0.15) is 5.78 Å². The average Bonchev–Trinajstić information content (AvgIpc) is 2.59. The summed E-state index contributed by atoms with van der Waals surface area (Å²) in [6.45, 7) is 5.06. The Bertz CT molecular complexity index is 397. The summed E-state index contributed by atoms with van der Waals surface area (Å²) in [6.07, 6.45) is 4.33. The third-order valence-corrected chi connectivity index (χ3v) is 3.21. The van der Waals surface area contributed by atoms with E-state index in [2.05, 4.69) is 30.0 Å². The lowest BCUT2D eigenvalue weighted by Crippen LogP contribution is -2.41. The van der Waals surface area contributed by atoms with Crippen LogP contribution in [0.1, 0.15) is 32.4 Å². The Labute approximate surface area is 96.2 Å². The van der Waals surface area contributed by atoms with Crippen LogP contribution in [0.3, 0.4) is 0 Å².